The molecule has 0 spiro atoms. The number of carbonyl (C=O) groups is 2. The number of methoxy groups -OCH3 is 1. The molecule has 0 saturated heterocycles. The van der Waals surface area contributed by atoms with Crippen molar-refractivity contribution in [1.82, 2.24) is 5.32 Å². The Morgan fingerprint density at radius 2 is 2.00 bits per heavy atom. The molecule has 17 heavy (non-hydrogen) atoms. The predicted molar refractivity (Wildman–Crippen MR) is 60.4 cm³/mol. The minimum absolute atomic E-state index is 0.279. The van der Waals surface area contributed by atoms with E-state index in [-0.39, 0.29) is 12.6 Å². The third-order valence-electron chi connectivity index (χ3n) is 1.80. The van der Waals surface area contributed by atoms with E-state index in [0.717, 1.165) is 0 Å². The molecule has 0 saturated carbocycles. The van der Waals surface area contributed by atoms with Crippen LogP contribution in [0.25, 0.3) is 0 Å². The van der Waals surface area contributed by atoms with Gasteiger partial charge in [0.25, 0.3) is 0 Å². The first kappa shape index (κ1) is 15.9. The number of aliphatic carboxylic acids is 1. The van der Waals surface area contributed by atoms with Crippen LogP contribution in [0.5, 0.6) is 0 Å². The second kappa shape index (κ2) is 7.23. The maximum Gasteiger partial charge on any atom is 0.304 e. The monoisotopic (exact) mass is 267 g/mol. The molecular formula is C9H17NO6S. The number of nitrogens with one attached hydrogen (secondary N) is 1. The van der Waals surface area contributed by atoms with Gasteiger partial charge < -0.3 is 15.2 Å². The standard InChI is InChI=1S/C9H17NO6S/c1-7(5-16-2)10-8(11)6-17(14,15)4-3-9(12)13/h7H,3-6H2,1-2H3,(H,10,11)(H,12,13). The highest BCUT2D eigenvalue weighted by molar-refractivity contribution is 7.92. The highest BCUT2D eigenvalue weighted by atomic mass is 32.2. The Labute approximate surface area is 100 Å². The average Bonchev–Trinajstić information content (AvgIpc) is 2.14. The number of carboxylic acid groups (broad SMARTS) is 1. The fourth-order valence-corrected chi connectivity index (χ4v) is 2.24. The van der Waals surface area contributed by atoms with E-state index >= 15 is 0 Å². The van der Waals surface area contributed by atoms with Crippen molar-refractivity contribution in [3.63, 3.8) is 0 Å². The topological polar surface area (TPSA) is 110 Å². The number of ether oxygens (including phenoxy) is 1. The summed E-state index contributed by atoms with van der Waals surface area (Å²) in [6, 6.07) is -0.290. The van der Waals surface area contributed by atoms with Gasteiger partial charge in [-0.15, -0.1) is 0 Å². The van der Waals surface area contributed by atoms with Crippen molar-refractivity contribution in [2.75, 3.05) is 25.2 Å². The molecule has 0 fully saturated rings. The molecule has 0 bridgehead atoms. The van der Waals surface area contributed by atoms with Crippen LogP contribution in [0.1, 0.15) is 13.3 Å². The summed E-state index contributed by atoms with van der Waals surface area (Å²) in [5.41, 5.74) is 0. The van der Waals surface area contributed by atoms with Gasteiger partial charge in [-0.1, -0.05) is 0 Å². The average molecular weight is 267 g/mol. The van der Waals surface area contributed by atoms with E-state index in [1.165, 1.54) is 7.11 Å². The zero-order valence-electron chi connectivity index (χ0n) is 9.80. The maximum absolute atomic E-state index is 11.3. The number of hydrogen-bond donors (Lipinski definition) is 2. The molecule has 1 atom stereocenters. The van der Waals surface area contributed by atoms with Gasteiger partial charge in [0.2, 0.25) is 5.91 Å². The first-order valence-corrected chi connectivity index (χ1v) is 6.79. The van der Waals surface area contributed by atoms with Gasteiger partial charge in [-0.3, -0.25) is 9.59 Å². The summed E-state index contributed by atoms with van der Waals surface area (Å²) in [6.45, 7) is 1.95. The summed E-state index contributed by atoms with van der Waals surface area (Å²) >= 11 is 0. The van der Waals surface area contributed by atoms with Crippen LogP contribution >= 0.6 is 0 Å². The summed E-state index contributed by atoms with van der Waals surface area (Å²) in [5, 5.41) is 10.8. The zero-order chi connectivity index (χ0) is 13.5. The molecule has 2 N–H and O–H groups in total. The highest BCUT2D eigenvalue weighted by Crippen LogP contribution is 1.95. The largest absolute Gasteiger partial charge is 0.481 e. The molecule has 0 radical (unpaired) electrons. The first-order chi connectivity index (χ1) is 7.76. The van der Waals surface area contributed by atoms with E-state index in [2.05, 4.69) is 5.32 Å². The third kappa shape index (κ3) is 8.64. The minimum atomic E-state index is -3.67. The molecule has 0 aliphatic heterocycles. The molecule has 1 unspecified atom stereocenters. The second-order valence-corrected chi connectivity index (χ2v) is 5.84. The second-order valence-electron chi connectivity index (χ2n) is 3.66. The van der Waals surface area contributed by atoms with Gasteiger partial charge >= 0.3 is 5.97 Å². The zero-order valence-corrected chi connectivity index (χ0v) is 10.6. The van der Waals surface area contributed by atoms with Crippen LogP contribution in [0.15, 0.2) is 0 Å². The summed E-state index contributed by atoms with van der Waals surface area (Å²) in [4.78, 5) is 21.5. The van der Waals surface area contributed by atoms with E-state index in [4.69, 9.17) is 9.84 Å². The van der Waals surface area contributed by atoms with Crippen LogP contribution in [0, 0.1) is 0 Å². The maximum atomic E-state index is 11.3. The molecule has 100 valence electrons. The van der Waals surface area contributed by atoms with Gasteiger partial charge in [-0.25, -0.2) is 8.42 Å². The Balaban J connectivity index is 4.14. The van der Waals surface area contributed by atoms with Crippen LogP contribution in [0.2, 0.25) is 0 Å². The Kier molecular flexibility index (Phi) is 6.74. The van der Waals surface area contributed by atoms with Crippen LogP contribution in [0.4, 0.5) is 0 Å². The summed E-state index contributed by atoms with van der Waals surface area (Å²) in [6.07, 6.45) is -0.497. The number of carboxylic acids is 1. The van der Waals surface area contributed by atoms with Gasteiger partial charge in [0.15, 0.2) is 9.84 Å². The van der Waals surface area contributed by atoms with Crippen molar-refractivity contribution in [2.45, 2.75) is 19.4 Å². The SMILES string of the molecule is COCC(C)NC(=O)CS(=O)(=O)CCC(=O)O. The fraction of sp³-hybridized carbons (Fsp3) is 0.778. The normalized spacial score (nSPS) is 13.1. The molecule has 0 aliphatic rings. The Morgan fingerprint density at radius 1 is 1.41 bits per heavy atom. The summed E-state index contributed by atoms with van der Waals surface area (Å²) < 4.78 is 27.4. The number of hydrogen-bond acceptors (Lipinski definition) is 5. The summed E-state index contributed by atoms with van der Waals surface area (Å²) in [5.74, 6) is -3.09. The van der Waals surface area contributed by atoms with E-state index < -0.39 is 39.6 Å². The Bertz CT molecular complexity index is 364. The van der Waals surface area contributed by atoms with Gasteiger partial charge in [-0.05, 0) is 6.92 Å². The first-order valence-electron chi connectivity index (χ1n) is 4.97. The predicted octanol–water partition coefficient (Wildman–Crippen LogP) is -0.973. The summed E-state index contributed by atoms with van der Waals surface area (Å²) in [7, 11) is -2.21. The minimum Gasteiger partial charge on any atom is -0.481 e. The molecular weight excluding hydrogens is 250 g/mol. The van der Waals surface area contributed by atoms with E-state index in [1.54, 1.807) is 6.92 Å². The highest BCUT2D eigenvalue weighted by Gasteiger charge is 2.19. The lowest BCUT2D eigenvalue weighted by Gasteiger charge is -2.12. The molecule has 7 nitrogen and oxygen atoms in total. The van der Waals surface area contributed by atoms with Gasteiger partial charge in [0.05, 0.1) is 18.8 Å². The van der Waals surface area contributed by atoms with Crippen molar-refractivity contribution in [3.8, 4) is 0 Å². The number of sulfone groups is 1. The smallest absolute Gasteiger partial charge is 0.304 e. The lowest BCUT2D eigenvalue weighted by Crippen LogP contribution is -2.39. The van der Waals surface area contributed by atoms with Crippen molar-refractivity contribution < 1.29 is 27.9 Å². The van der Waals surface area contributed by atoms with Crippen LogP contribution < -0.4 is 5.32 Å². The van der Waals surface area contributed by atoms with Crippen LogP contribution in [-0.4, -0.2) is 56.7 Å². The van der Waals surface area contributed by atoms with Gasteiger partial charge in [-0.2, -0.15) is 0 Å². The van der Waals surface area contributed by atoms with Crippen LogP contribution in [0.3, 0.4) is 0 Å². The number of rotatable bonds is 8. The lowest BCUT2D eigenvalue weighted by atomic mass is 10.3. The molecule has 0 aromatic heterocycles. The molecule has 0 heterocycles. The molecule has 0 aliphatic carbocycles. The molecule has 0 rings (SSSR count). The molecule has 1 amide bonds. The molecule has 0 aromatic carbocycles. The van der Waals surface area contributed by atoms with Gasteiger partial charge in [0.1, 0.15) is 5.75 Å². The quantitative estimate of drug-likeness (QED) is 0.585. The molecule has 8 heteroatoms. The van der Waals surface area contributed by atoms with Crippen LogP contribution in [-0.2, 0) is 24.2 Å². The third-order valence-corrected chi connectivity index (χ3v) is 3.33. The lowest BCUT2D eigenvalue weighted by molar-refractivity contribution is -0.136. The van der Waals surface area contributed by atoms with Crippen molar-refractivity contribution in [2.24, 2.45) is 0 Å². The van der Waals surface area contributed by atoms with E-state index in [0.29, 0.717) is 0 Å². The fourth-order valence-electron chi connectivity index (χ4n) is 1.12. The van der Waals surface area contributed by atoms with Gasteiger partial charge in [0, 0.05) is 13.2 Å². The Morgan fingerprint density at radius 3 is 2.47 bits per heavy atom. The van der Waals surface area contributed by atoms with Crippen molar-refractivity contribution >= 4 is 21.7 Å². The van der Waals surface area contributed by atoms with E-state index in [1.807, 2.05) is 0 Å². The number of amides is 1. The Hall–Kier alpha value is -1.15. The van der Waals surface area contributed by atoms with Crippen molar-refractivity contribution in [1.29, 1.82) is 0 Å². The number of carbonyl (C=O) groups excluding carboxylic acids is 1. The van der Waals surface area contributed by atoms with Crippen molar-refractivity contribution in [3.05, 3.63) is 0 Å². The van der Waals surface area contributed by atoms with E-state index in [9.17, 15) is 18.0 Å². The molecule has 0 aromatic rings.